The Labute approximate surface area is 97.1 Å². The van der Waals surface area contributed by atoms with E-state index in [2.05, 4.69) is 10.3 Å². The number of piperazine rings is 1. The molecule has 1 aliphatic rings. The van der Waals surface area contributed by atoms with Crippen molar-refractivity contribution in [2.75, 3.05) is 31.1 Å². The van der Waals surface area contributed by atoms with Crippen LogP contribution in [-0.2, 0) is 6.54 Å². The van der Waals surface area contributed by atoms with Crippen LogP contribution in [0, 0.1) is 0 Å². The van der Waals surface area contributed by atoms with Crippen molar-refractivity contribution in [2.24, 2.45) is 0 Å². The van der Waals surface area contributed by atoms with Crippen molar-refractivity contribution >= 4 is 5.69 Å². The molecule has 94 valence electrons. The molecule has 17 heavy (non-hydrogen) atoms. The van der Waals surface area contributed by atoms with Crippen LogP contribution in [0.1, 0.15) is 0 Å². The molecule has 1 N–H and O–H groups in total. The first kappa shape index (κ1) is 12.0. The van der Waals surface area contributed by atoms with Crippen molar-refractivity contribution in [3.63, 3.8) is 0 Å². The lowest BCUT2D eigenvalue weighted by Crippen LogP contribution is -2.46. The van der Waals surface area contributed by atoms with Gasteiger partial charge in [-0.1, -0.05) is 0 Å². The summed E-state index contributed by atoms with van der Waals surface area (Å²) in [6, 6.07) is 0. The fourth-order valence-corrected chi connectivity index (χ4v) is 1.84. The van der Waals surface area contributed by atoms with Crippen molar-refractivity contribution in [1.82, 2.24) is 14.9 Å². The van der Waals surface area contributed by atoms with Crippen molar-refractivity contribution in [3.8, 4) is 0 Å². The number of anilines is 1. The van der Waals surface area contributed by atoms with Crippen LogP contribution in [0.3, 0.4) is 0 Å². The lowest BCUT2D eigenvalue weighted by Gasteiger charge is -2.28. The second-order valence-corrected chi connectivity index (χ2v) is 3.86. The topological polar surface area (TPSA) is 50.2 Å². The van der Waals surface area contributed by atoms with Gasteiger partial charge in [0, 0.05) is 26.2 Å². The van der Waals surface area contributed by atoms with Gasteiger partial charge in [0.2, 0.25) is 0 Å². The molecule has 1 aromatic rings. The van der Waals surface area contributed by atoms with Gasteiger partial charge in [-0.25, -0.2) is 13.8 Å². The van der Waals surface area contributed by atoms with E-state index in [1.807, 2.05) is 4.90 Å². The zero-order valence-electron chi connectivity index (χ0n) is 9.27. The Balaban J connectivity index is 2.25. The molecule has 5 nitrogen and oxygen atoms in total. The third kappa shape index (κ3) is 2.79. The van der Waals surface area contributed by atoms with Crippen LogP contribution in [-0.4, -0.2) is 42.2 Å². The number of nitrogens with one attached hydrogen (secondary N) is 1. The quantitative estimate of drug-likeness (QED) is 0.808. The minimum atomic E-state index is -2.55. The van der Waals surface area contributed by atoms with Crippen LogP contribution in [0.5, 0.6) is 0 Å². The van der Waals surface area contributed by atoms with Gasteiger partial charge in [0.25, 0.3) is 12.0 Å². The molecule has 1 aliphatic heterocycles. The van der Waals surface area contributed by atoms with Gasteiger partial charge in [0.1, 0.15) is 5.69 Å². The summed E-state index contributed by atoms with van der Waals surface area (Å²) in [5.41, 5.74) is -0.00292. The molecule has 0 spiro atoms. The van der Waals surface area contributed by atoms with E-state index in [-0.39, 0.29) is 0 Å². The zero-order chi connectivity index (χ0) is 12.3. The van der Waals surface area contributed by atoms with Crippen molar-refractivity contribution in [2.45, 2.75) is 13.0 Å². The van der Waals surface area contributed by atoms with E-state index in [0.29, 0.717) is 18.8 Å². The molecule has 7 heteroatoms. The van der Waals surface area contributed by atoms with Crippen molar-refractivity contribution in [1.29, 1.82) is 0 Å². The molecule has 0 saturated carbocycles. The van der Waals surface area contributed by atoms with Crippen LogP contribution >= 0.6 is 0 Å². The summed E-state index contributed by atoms with van der Waals surface area (Å²) < 4.78 is 25.5. The molecule has 2 rings (SSSR count). The summed E-state index contributed by atoms with van der Waals surface area (Å²) in [6.45, 7) is 2.34. The second kappa shape index (κ2) is 5.22. The third-order valence-corrected chi connectivity index (χ3v) is 2.68. The Morgan fingerprint density at radius 2 is 2.12 bits per heavy atom. The monoisotopic (exact) mass is 244 g/mol. The Morgan fingerprint density at radius 3 is 2.76 bits per heavy atom. The average molecular weight is 244 g/mol. The van der Waals surface area contributed by atoms with Crippen LogP contribution < -0.4 is 15.8 Å². The van der Waals surface area contributed by atoms with Crippen LogP contribution in [0.15, 0.2) is 17.3 Å². The number of hydrogen-bond donors (Lipinski definition) is 1. The molecule has 0 amide bonds. The molecular weight excluding hydrogens is 230 g/mol. The standard InChI is InChI=1S/C10H14F2N4O/c11-9(12)6-16-7-14-5-8(10(16)17)15-3-1-13-2-4-15/h5,7,9,13H,1-4,6H2. The number of hydrogen-bond acceptors (Lipinski definition) is 4. The number of aromatic nitrogens is 2. The van der Waals surface area contributed by atoms with Gasteiger partial charge in [-0.05, 0) is 0 Å². The number of alkyl halides is 2. The zero-order valence-corrected chi connectivity index (χ0v) is 9.27. The van der Waals surface area contributed by atoms with E-state index in [9.17, 15) is 13.6 Å². The molecule has 0 bridgehead atoms. The molecule has 1 aromatic heterocycles. The second-order valence-electron chi connectivity index (χ2n) is 3.86. The van der Waals surface area contributed by atoms with Crippen molar-refractivity contribution in [3.05, 3.63) is 22.9 Å². The van der Waals surface area contributed by atoms with Gasteiger partial charge < -0.3 is 10.2 Å². The fourth-order valence-electron chi connectivity index (χ4n) is 1.84. The summed E-state index contributed by atoms with van der Waals surface area (Å²) >= 11 is 0. The Kier molecular flexibility index (Phi) is 3.68. The smallest absolute Gasteiger partial charge is 0.277 e. The molecular formula is C10H14F2N4O. The SMILES string of the molecule is O=c1c(N2CCNCC2)cncn1CC(F)F. The minimum absolute atomic E-state index is 0.398. The third-order valence-electron chi connectivity index (χ3n) is 2.68. The molecule has 0 aromatic carbocycles. The van der Waals surface area contributed by atoms with E-state index < -0.39 is 18.5 Å². The first-order chi connectivity index (χ1) is 8.18. The lowest BCUT2D eigenvalue weighted by atomic mass is 10.3. The number of nitrogens with zero attached hydrogens (tertiary/aromatic N) is 3. The van der Waals surface area contributed by atoms with Gasteiger partial charge in [-0.15, -0.1) is 0 Å². The number of halogens is 2. The first-order valence-corrected chi connectivity index (χ1v) is 5.47. The Hall–Kier alpha value is -1.50. The molecule has 0 aliphatic carbocycles. The highest BCUT2D eigenvalue weighted by molar-refractivity contribution is 5.42. The maximum atomic E-state index is 12.3. The molecule has 1 fully saturated rings. The summed E-state index contributed by atoms with van der Waals surface area (Å²) in [5.74, 6) is 0. The maximum Gasteiger partial charge on any atom is 0.277 e. The molecule has 2 heterocycles. The van der Waals surface area contributed by atoms with Gasteiger partial charge in [0.05, 0.1) is 19.1 Å². The summed E-state index contributed by atoms with van der Waals surface area (Å²) in [4.78, 5) is 17.6. The molecule has 1 saturated heterocycles. The van der Waals surface area contributed by atoms with Crippen LogP contribution in [0.2, 0.25) is 0 Å². The number of rotatable bonds is 3. The van der Waals surface area contributed by atoms with Gasteiger partial charge in [-0.3, -0.25) is 9.36 Å². The molecule has 0 unspecified atom stereocenters. The minimum Gasteiger partial charge on any atom is -0.363 e. The van der Waals surface area contributed by atoms with Crippen molar-refractivity contribution < 1.29 is 8.78 Å². The molecule has 0 radical (unpaired) electrons. The van der Waals surface area contributed by atoms with E-state index in [1.54, 1.807) is 0 Å². The van der Waals surface area contributed by atoms with E-state index >= 15 is 0 Å². The average Bonchev–Trinajstić information content (AvgIpc) is 2.32. The molecule has 0 atom stereocenters. The summed E-state index contributed by atoms with van der Waals surface area (Å²) in [6.07, 6.45) is 0.0447. The van der Waals surface area contributed by atoms with Crippen LogP contribution in [0.25, 0.3) is 0 Å². The first-order valence-electron chi connectivity index (χ1n) is 5.47. The highest BCUT2D eigenvalue weighted by Crippen LogP contribution is 2.07. The van der Waals surface area contributed by atoms with Gasteiger partial charge in [-0.2, -0.15) is 0 Å². The predicted octanol–water partition coefficient (Wildman–Crippen LogP) is -0.0820. The predicted molar refractivity (Wildman–Crippen MR) is 59.6 cm³/mol. The maximum absolute atomic E-state index is 12.3. The van der Waals surface area contributed by atoms with E-state index in [4.69, 9.17) is 0 Å². The normalized spacial score (nSPS) is 16.5. The van der Waals surface area contributed by atoms with E-state index in [0.717, 1.165) is 24.0 Å². The lowest BCUT2D eigenvalue weighted by molar-refractivity contribution is 0.125. The highest BCUT2D eigenvalue weighted by atomic mass is 19.3. The van der Waals surface area contributed by atoms with Gasteiger partial charge in [0.15, 0.2) is 0 Å². The van der Waals surface area contributed by atoms with Gasteiger partial charge >= 0.3 is 0 Å². The summed E-state index contributed by atoms with van der Waals surface area (Å²) in [5, 5.41) is 3.16. The fraction of sp³-hybridized carbons (Fsp3) is 0.600. The highest BCUT2D eigenvalue weighted by Gasteiger charge is 2.16. The van der Waals surface area contributed by atoms with Crippen LogP contribution in [0.4, 0.5) is 14.5 Å². The Morgan fingerprint density at radius 1 is 1.41 bits per heavy atom. The van der Waals surface area contributed by atoms with E-state index in [1.165, 1.54) is 6.20 Å². The Bertz CT molecular complexity index is 429. The summed E-state index contributed by atoms with van der Waals surface area (Å²) in [7, 11) is 0. The largest absolute Gasteiger partial charge is 0.363 e.